The topological polar surface area (TPSA) is 95.7 Å². The van der Waals surface area contributed by atoms with Crippen LogP contribution in [0, 0.1) is 0 Å². The molecule has 6 nitrogen and oxygen atoms in total. The van der Waals surface area contributed by atoms with Crippen molar-refractivity contribution in [2.24, 2.45) is 5.14 Å². The van der Waals surface area contributed by atoms with Crippen LogP contribution < -0.4 is 5.14 Å². The van der Waals surface area contributed by atoms with Crippen LogP contribution in [0.2, 0.25) is 5.02 Å². The molecule has 1 aliphatic heterocycles. The van der Waals surface area contributed by atoms with E-state index < -0.39 is 16.0 Å². The maximum Gasteiger partial charge on any atom is 0.339 e. The van der Waals surface area contributed by atoms with E-state index in [-0.39, 0.29) is 33.8 Å². The fraction of sp³-hybridized carbons (Fsp3) is 0.500. The number of nitrogens with two attached hydrogens (primary N) is 1. The van der Waals surface area contributed by atoms with Crippen molar-refractivity contribution in [1.29, 1.82) is 0 Å². The highest BCUT2D eigenvalue weighted by molar-refractivity contribution is 7.89. The number of sulfonamides is 1. The van der Waals surface area contributed by atoms with Gasteiger partial charge in [-0.25, -0.2) is 18.4 Å². The minimum Gasteiger partial charge on any atom is -0.459 e. The van der Waals surface area contributed by atoms with Crippen LogP contribution in [0.25, 0.3) is 0 Å². The molecular weight excluding hydrogens is 330 g/mol. The van der Waals surface area contributed by atoms with Gasteiger partial charge in [-0.2, -0.15) is 0 Å². The van der Waals surface area contributed by atoms with E-state index in [4.69, 9.17) is 26.2 Å². The molecule has 2 N–H and O–H groups in total. The van der Waals surface area contributed by atoms with Crippen molar-refractivity contribution < 1.29 is 22.7 Å². The molecule has 0 bridgehead atoms. The lowest BCUT2D eigenvalue weighted by Crippen LogP contribution is -2.24. The molecule has 0 unspecified atom stereocenters. The van der Waals surface area contributed by atoms with Crippen LogP contribution in [-0.4, -0.2) is 32.7 Å². The summed E-state index contributed by atoms with van der Waals surface area (Å²) >= 11 is 5.91. The smallest absolute Gasteiger partial charge is 0.339 e. The molecule has 0 amide bonds. The van der Waals surface area contributed by atoms with Crippen molar-refractivity contribution in [2.75, 3.05) is 6.61 Å². The highest BCUT2D eigenvalue weighted by Gasteiger charge is 2.32. The van der Waals surface area contributed by atoms with Crippen molar-refractivity contribution in [3.63, 3.8) is 0 Å². The number of hydrogen-bond donors (Lipinski definition) is 1. The van der Waals surface area contributed by atoms with E-state index in [1.165, 1.54) is 12.1 Å². The molecule has 1 heterocycles. The van der Waals surface area contributed by atoms with E-state index in [1.807, 2.05) is 13.8 Å². The molecule has 1 aliphatic rings. The second-order valence-electron chi connectivity index (χ2n) is 5.82. The summed E-state index contributed by atoms with van der Waals surface area (Å²) in [7, 11) is -3.91. The number of carbonyl (C=O) groups is 1. The number of halogens is 1. The Morgan fingerprint density at radius 2 is 2.18 bits per heavy atom. The van der Waals surface area contributed by atoms with Crippen LogP contribution >= 0.6 is 11.6 Å². The molecule has 122 valence electrons. The molecule has 0 aliphatic carbocycles. The monoisotopic (exact) mass is 347 g/mol. The molecule has 1 aromatic carbocycles. The number of carbonyl (C=O) groups excluding carboxylic acids is 1. The fourth-order valence-electron chi connectivity index (χ4n) is 2.28. The summed E-state index contributed by atoms with van der Waals surface area (Å²) in [6, 6.07) is 3.64. The van der Waals surface area contributed by atoms with Crippen molar-refractivity contribution in [3.8, 4) is 0 Å². The normalized spacial score (nSPS) is 20.8. The average molecular weight is 348 g/mol. The lowest BCUT2D eigenvalue weighted by molar-refractivity contribution is -0.0444. The average Bonchev–Trinajstić information content (AvgIpc) is 2.75. The molecule has 1 aromatic rings. The first-order valence-electron chi connectivity index (χ1n) is 6.76. The third-order valence-corrected chi connectivity index (χ3v) is 4.68. The van der Waals surface area contributed by atoms with Gasteiger partial charge in [0.05, 0.1) is 27.2 Å². The summed E-state index contributed by atoms with van der Waals surface area (Å²) in [5.41, 5.74) is -0.257. The predicted molar refractivity (Wildman–Crippen MR) is 81.3 cm³/mol. The second-order valence-corrected chi connectivity index (χ2v) is 7.79. The standard InChI is InChI=1S/C14H18ClNO5S/c1-14(2)6-5-9(21-14)8-20-13(17)11-7-10(22(16,18)19)3-4-12(11)15/h3-4,7,9H,5-6,8H2,1-2H3,(H2,16,18,19)/t9-/m1/s1. The summed E-state index contributed by atoms with van der Waals surface area (Å²) in [5, 5.41) is 5.14. The van der Waals surface area contributed by atoms with E-state index in [1.54, 1.807) is 0 Å². The quantitative estimate of drug-likeness (QED) is 0.841. The summed E-state index contributed by atoms with van der Waals surface area (Å²) < 4.78 is 33.5. The van der Waals surface area contributed by atoms with Crippen molar-refractivity contribution in [1.82, 2.24) is 0 Å². The Labute approximate surface area is 134 Å². The summed E-state index contributed by atoms with van der Waals surface area (Å²) in [6.07, 6.45) is 1.52. The van der Waals surface area contributed by atoms with E-state index in [0.29, 0.717) is 0 Å². The van der Waals surface area contributed by atoms with Gasteiger partial charge in [0.15, 0.2) is 0 Å². The molecule has 1 saturated heterocycles. The van der Waals surface area contributed by atoms with Gasteiger partial charge >= 0.3 is 5.97 Å². The third-order valence-electron chi connectivity index (χ3n) is 3.44. The van der Waals surface area contributed by atoms with Crippen LogP contribution in [0.4, 0.5) is 0 Å². The first kappa shape index (κ1) is 17.2. The van der Waals surface area contributed by atoms with Gasteiger partial charge in [-0.05, 0) is 44.9 Å². The number of rotatable bonds is 4. The van der Waals surface area contributed by atoms with Gasteiger partial charge in [-0.3, -0.25) is 0 Å². The van der Waals surface area contributed by atoms with Crippen LogP contribution in [-0.2, 0) is 19.5 Å². The van der Waals surface area contributed by atoms with E-state index >= 15 is 0 Å². The van der Waals surface area contributed by atoms with E-state index in [0.717, 1.165) is 18.9 Å². The SMILES string of the molecule is CC1(C)CC[C@H](COC(=O)c2cc(S(N)(=O)=O)ccc2Cl)O1. The number of ether oxygens (including phenoxy) is 2. The van der Waals surface area contributed by atoms with Crippen LogP contribution in [0.3, 0.4) is 0 Å². The maximum absolute atomic E-state index is 12.1. The van der Waals surface area contributed by atoms with Crippen molar-refractivity contribution >= 4 is 27.6 Å². The molecule has 0 saturated carbocycles. The van der Waals surface area contributed by atoms with E-state index in [2.05, 4.69) is 0 Å². The Kier molecular flexibility index (Phi) is 4.81. The van der Waals surface area contributed by atoms with Gasteiger partial charge in [0.25, 0.3) is 0 Å². The zero-order chi connectivity index (χ0) is 16.5. The van der Waals surface area contributed by atoms with Crippen molar-refractivity contribution in [3.05, 3.63) is 28.8 Å². The maximum atomic E-state index is 12.1. The molecule has 0 aromatic heterocycles. The molecule has 8 heteroatoms. The highest BCUT2D eigenvalue weighted by Crippen LogP contribution is 2.29. The Bertz CT molecular complexity index is 686. The number of primary sulfonamides is 1. The molecule has 22 heavy (non-hydrogen) atoms. The minimum atomic E-state index is -3.91. The zero-order valence-corrected chi connectivity index (χ0v) is 13.9. The minimum absolute atomic E-state index is 0.0366. The van der Waals surface area contributed by atoms with Crippen LogP contribution in [0.15, 0.2) is 23.1 Å². The van der Waals surface area contributed by atoms with Gasteiger partial charge in [0.2, 0.25) is 10.0 Å². The second kappa shape index (κ2) is 6.16. The highest BCUT2D eigenvalue weighted by atomic mass is 35.5. The molecule has 0 spiro atoms. The molecule has 2 rings (SSSR count). The molecule has 0 radical (unpaired) electrons. The fourth-order valence-corrected chi connectivity index (χ4v) is 3.01. The largest absolute Gasteiger partial charge is 0.459 e. The van der Waals surface area contributed by atoms with Crippen LogP contribution in [0.5, 0.6) is 0 Å². The van der Waals surface area contributed by atoms with Gasteiger partial charge in [-0.1, -0.05) is 11.6 Å². The first-order chi connectivity index (χ1) is 10.1. The summed E-state index contributed by atoms with van der Waals surface area (Å²) in [4.78, 5) is 11.9. The number of hydrogen-bond acceptors (Lipinski definition) is 5. The van der Waals surface area contributed by atoms with Crippen molar-refractivity contribution in [2.45, 2.75) is 43.3 Å². The Hall–Kier alpha value is -1.15. The van der Waals surface area contributed by atoms with Gasteiger partial charge in [0.1, 0.15) is 6.61 Å². The van der Waals surface area contributed by atoms with E-state index in [9.17, 15) is 13.2 Å². The summed E-state index contributed by atoms with van der Waals surface area (Å²) in [6.45, 7) is 4.04. The predicted octanol–water partition coefficient (Wildman–Crippen LogP) is 2.10. The Morgan fingerprint density at radius 1 is 1.50 bits per heavy atom. The number of esters is 1. The Morgan fingerprint density at radius 3 is 2.73 bits per heavy atom. The molecule has 1 fully saturated rings. The van der Waals surface area contributed by atoms with Gasteiger partial charge in [0, 0.05) is 0 Å². The van der Waals surface area contributed by atoms with Crippen LogP contribution in [0.1, 0.15) is 37.0 Å². The Balaban J connectivity index is 2.07. The molecule has 1 atom stereocenters. The van der Waals surface area contributed by atoms with Gasteiger partial charge in [-0.15, -0.1) is 0 Å². The number of benzene rings is 1. The first-order valence-corrected chi connectivity index (χ1v) is 8.68. The van der Waals surface area contributed by atoms with Gasteiger partial charge < -0.3 is 9.47 Å². The zero-order valence-electron chi connectivity index (χ0n) is 12.3. The lowest BCUT2D eigenvalue weighted by atomic mass is 10.1. The third kappa shape index (κ3) is 4.19. The lowest BCUT2D eigenvalue weighted by Gasteiger charge is -2.19. The molecular formula is C14H18ClNO5S. The summed E-state index contributed by atoms with van der Waals surface area (Å²) in [5.74, 6) is -0.705.